The first-order valence-electron chi connectivity index (χ1n) is 10.3. The molecule has 0 aliphatic carbocycles. The Bertz CT molecular complexity index is 912. The molecule has 2 rings (SSSR count). The highest BCUT2D eigenvalue weighted by Gasteiger charge is 2.14. The van der Waals surface area contributed by atoms with Gasteiger partial charge in [0.1, 0.15) is 11.9 Å². The predicted octanol–water partition coefficient (Wildman–Crippen LogP) is 5.92. The number of methoxy groups -OCH3 is 3. The summed E-state index contributed by atoms with van der Waals surface area (Å²) in [5.74, 6) is 14.5. The van der Waals surface area contributed by atoms with E-state index in [2.05, 4.69) is 35.8 Å². The fourth-order valence-electron chi connectivity index (χ4n) is 2.83. The van der Waals surface area contributed by atoms with Gasteiger partial charge in [-0.15, -0.1) is 11.8 Å². The molecule has 0 fully saturated rings. The molecule has 1 unspecified atom stereocenters. The number of ether oxygens (including phenoxy) is 3. The Morgan fingerprint density at radius 1 is 0.968 bits per heavy atom. The molecule has 0 spiro atoms. The predicted molar refractivity (Wildman–Crippen MR) is 129 cm³/mol. The van der Waals surface area contributed by atoms with Crippen molar-refractivity contribution in [1.29, 1.82) is 0 Å². The van der Waals surface area contributed by atoms with Crippen LogP contribution in [0.2, 0.25) is 0 Å². The lowest BCUT2D eigenvalue weighted by molar-refractivity contribution is 0.137. The van der Waals surface area contributed by atoms with Gasteiger partial charge in [-0.1, -0.05) is 54.0 Å². The third-order valence-corrected chi connectivity index (χ3v) is 5.35. The first-order chi connectivity index (χ1) is 15.3. The zero-order valence-electron chi connectivity index (χ0n) is 18.5. The summed E-state index contributed by atoms with van der Waals surface area (Å²) in [5.41, 5.74) is 1.88. The van der Waals surface area contributed by atoms with Crippen LogP contribution in [0.3, 0.4) is 0 Å². The molecule has 2 aromatic rings. The standard InChI is InChI=1S/C27H30O3S/c1-28-21-11-5-4-7-13-23(14-10-12-22-31-26-15-8-6-9-16-26)27(30-3)24-17-19-25(29-2)20-18-24/h6,8-9,14-20,27H,4-5,11,21-22H2,1-3H3/b23-14+. The van der Waals surface area contributed by atoms with Crippen molar-refractivity contribution in [1.82, 2.24) is 0 Å². The van der Waals surface area contributed by atoms with Crippen molar-refractivity contribution in [2.24, 2.45) is 0 Å². The normalized spacial score (nSPS) is 11.6. The minimum Gasteiger partial charge on any atom is -0.497 e. The zero-order chi connectivity index (χ0) is 22.2. The maximum atomic E-state index is 5.79. The van der Waals surface area contributed by atoms with Crippen molar-refractivity contribution in [2.75, 3.05) is 33.7 Å². The van der Waals surface area contributed by atoms with E-state index in [1.807, 2.05) is 48.5 Å². The summed E-state index contributed by atoms with van der Waals surface area (Å²) in [6.07, 6.45) is 4.44. The van der Waals surface area contributed by atoms with E-state index in [1.165, 1.54) is 4.90 Å². The van der Waals surface area contributed by atoms with Gasteiger partial charge < -0.3 is 14.2 Å². The van der Waals surface area contributed by atoms with Crippen LogP contribution in [0.15, 0.2) is 71.1 Å². The van der Waals surface area contributed by atoms with Crippen LogP contribution in [-0.4, -0.2) is 33.7 Å². The summed E-state index contributed by atoms with van der Waals surface area (Å²) in [6, 6.07) is 18.1. The molecule has 2 aromatic carbocycles. The summed E-state index contributed by atoms with van der Waals surface area (Å²) in [5, 5.41) is 0. The lowest BCUT2D eigenvalue weighted by atomic mass is 10.0. The summed E-state index contributed by atoms with van der Waals surface area (Å²) in [7, 11) is 5.08. The molecule has 0 saturated heterocycles. The van der Waals surface area contributed by atoms with Gasteiger partial charge in [-0.05, 0) is 42.7 Å². The average Bonchev–Trinajstić information content (AvgIpc) is 2.82. The number of allylic oxidation sites excluding steroid dienone is 1. The van der Waals surface area contributed by atoms with E-state index in [1.54, 1.807) is 33.1 Å². The van der Waals surface area contributed by atoms with Crippen molar-refractivity contribution < 1.29 is 14.2 Å². The summed E-state index contributed by atoms with van der Waals surface area (Å²) >= 11 is 1.72. The minimum absolute atomic E-state index is 0.270. The van der Waals surface area contributed by atoms with Gasteiger partial charge in [-0.2, -0.15) is 0 Å². The van der Waals surface area contributed by atoms with Crippen molar-refractivity contribution >= 4 is 11.8 Å². The fraction of sp³-hybridized carbons (Fsp3) is 0.333. The molecule has 4 heteroatoms. The Balaban J connectivity index is 2.13. The number of hydrogen-bond acceptors (Lipinski definition) is 4. The molecular formula is C27H30O3S. The quantitative estimate of drug-likeness (QED) is 0.263. The first-order valence-corrected chi connectivity index (χ1v) is 11.3. The second kappa shape index (κ2) is 15.2. The van der Waals surface area contributed by atoms with E-state index in [0.717, 1.165) is 48.5 Å². The van der Waals surface area contributed by atoms with Gasteiger partial charge in [0.05, 0.1) is 12.9 Å². The third kappa shape index (κ3) is 9.37. The van der Waals surface area contributed by atoms with Crippen LogP contribution in [-0.2, 0) is 9.47 Å². The molecule has 0 aliphatic rings. The van der Waals surface area contributed by atoms with Gasteiger partial charge in [-0.3, -0.25) is 0 Å². The second-order valence-corrected chi connectivity index (χ2v) is 7.71. The highest BCUT2D eigenvalue weighted by Crippen LogP contribution is 2.26. The van der Waals surface area contributed by atoms with Crippen LogP contribution in [0, 0.1) is 23.7 Å². The van der Waals surface area contributed by atoms with Crippen molar-refractivity contribution in [3.05, 3.63) is 71.8 Å². The van der Waals surface area contributed by atoms with Crippen LogP contribution in [0.1, 0.15) is 30.9 Å². The highest BCUT2D eigenvalue weighted by atomic mass is 32.2. The molecule has 1 atom stereocenters. The van der Waals surface area contributed by atoms with Crippen molar-refractivity contribution in [3.8, 4) is 29.4 Å². The second-order valence-electron chi connectivity index (χ2n) is 6.66. The Morgan fingerprint density at radius 2 is 1.74 bits per heavy atom. The van der Waals surface area contributed by atoms with Crippen molar-refractivity contribution in [2.45, 2.75) is 30.3 Å². The number of rotatable bonds is 10. The Kier molecular flexibility index (Phi) is 12.1. The third-order valence-electron chi connectivity index (χ3n) is 4.45. The topological polar surface area (TPSA) is 27.7 Å². The van der Waals surface area contributed by atoms with Gasteiger partial charge in [0.2, 0.25) is 0 Å². The van der Waals surface area contributed by atoms with Gasteiger partial charge in [0, 0.05) is 43.8 Å². The molecule has 0 aliphatic heterocycles. The Labute approximate surface area is 191 Å². The molecule has 3 nitrogen and oxygen atoms in total. The summed E-state index contributed by atoms with van der Waals surface area (Å²) in [4.78, 5) is 1.21. The zero-order valence-corrected chi connectivity index (χ0v) is 19.3. The maximum Gasteiger partial charge on any atom is 0.118 e. The lowest BCUT2D eigenvalue weighted by Crippen LogP contribution is -2.04. The molecule has 0 bridgehead atoms. The molecule has 0 heterocycles. The molecule has 0 radical (unpaired) electrons. The van der Waals surface area contributed by atoms with Crippen molar-refractivity contribution in [3.63, 3.8) is 0 Å². The molecule has 31 heavy (non-hydrogen) atoms. The van der Waals surface area contributed by atoms with E-state index in [4.69, 9.17) is 14.2 Å². The highest BCUT2D eigenvalue weighted by molar-refractivity contribution is 7.99. The smallest absolute Gasteiger partial charge is 0.118 e. The summed E-state index contributed by atoms with van der Waals surface area (Å²) in [6.45, 7) is 0.765. The van der Waals surface area contributed by atoms with Crippen LogP contribution < -0.4 is 4.74 Å². The maximum absolute atomic E-state index is 5.79. The van der Waals surface area contributed by atoms with Gasteiger partial charge >= 0.3 is 0 Å². The Hall–Kier alpha value is -2.63. The van der Waals surface area contributed by atoms with E-state index < -0.39 is 0 Å². The first kappa shape index (κ1) is 24.6. The van der Waals surface area contributed by atoms with Crippen LogP contribution in [0.25, 0.3) is 0 Å². The summed E-state index contributed by atoms with van der Waals surface area (Å²) < 4.78 is 16.2. The van der Waals surface area contributed by atoms with E-state index in [-0.39, 0.29) is 6.10 Å². The monoisotopic (exact) mass is 434 g/mol. The lowest BCUT2D eigenvalue weighted by Gasteiger charge is -2.16. The van der Waals surface area contributed by atoms with Gasteiger partial charge in [0.15, 0.2) is 0 Å². The van der Waals surface area contributed by atoms with Gasteiger partial charge in [0.25, 0.3) is 0 Å². The Morgan fingerprint density at radius 3 is 2.42 bits per heavy atom. The SMILES string of the molecule is COCCCCC#C/C(=C\C#CCSc1ccccc1)C(OC)c1ccc(OC)cc1. The molecule has 0 saturated carbocycles. The largest absolute Gasteiger partial charge is 0.497 e. The average molecular weight is 435 g/mol. The minimum atomic E-state index is -0.270. The van der Waals surface area contributed by atoms with Crippen LogP contribution >= 0.6 is 11.8 Å². The van der Waals surface area contributed by atoms with Crippen LogP contribution in [0.5, 0.6) is 5.75 Å². The number of benzene rings is 2. The number of hydrogen-bond donors (Lipinski definition) is 0. The molecule has 0 aromatic heterocycles. The molecule has 0 N–H and O–H groups in total. The van der Waals surface area contributed by atoms with E-state index in [0.29, 0.717) is 0 Å². The molecule has 0 amide bonds. The molecular weight excluding hydrogens is 404 g/mol. The fourth-order valence-corrected chi connectivity index (χ4v) is 3.50. The van der Waals surface area contributed by atoms with E-state index >= 15 is 0 Å². The van der Waals surface area contributed by atoms with Crippen LogP contribution in [0.4, 0.5) is 0 Å². The number of unbranched alkanes of at least 4 members (excludes halogenated alkanes) is 2. The molecule has 162 valence electrons. The number of thioether (sulfide) groups is 1. The van der Waals surface area contributed by atoms with Gasteiger partial charge in [-0.25, -0.2) is 0 Å². The van der Waals surface area contributed by atoms with E-state index in [9.17, 15) is 0 Å².